The molecule has 3 aromatic heterocycles. The minimum atomic E-state index is -1.78. The van der Waals surface area contributed by atoms with E-state index in [0.717, 1.165) is 27.9 Å². The summed E-state index contributed by atoms with van der Waals surface area (Å²) in [7, 11) is 4.58. The molecule has 0 N–H and O–H groups in total. The number of aryl methyl sites for hydroxylation is 1. The molecule has 37 heavy (non-hydrogen) atoms. The number of rotatable bonds is 4. The van der Waals surface area contributed by atoms with Crippen LogP contribution in [0.5, 0.6) is 0 Å². The highest BCUT2D eigenvalue weighted by Gasteiger charge is 2.56. The summed E-state index contributed by atoms with van der Waals surface area (Å²) in [4.78, 5) is 15.1. The Morgan fingerprint density at radius 2 is 1.16 bits per heavy atom. The van der Waals surface area contributed by atoms with E-state index in [1.165, 1.54) is 22.4 Å². The molecule has 0 atom stereocenters. The number of fused-ring (bicyclic) bond motifs is 1. The average Bonchev–Trinajstić information content (AvgIpc) is 2.95. The number of nitrogens with zero attached hydrogens (tertiary/aromatic N) is 4. The van der Waals surface area contributed by atoms with Gasteiger partial charge in [-0.1, -0.05) is 77.8 Å². The van der Waals surface area contributed by atoms with Gasteiger partial charge in [-0.15, -0.1) is 0 Å². The minimum Gasteiger partial charge on any atom is -0.472 e. The highest BCUT2D eigenvalue weighted by molar-refractivity contribution is 7.15. The lowest BCUT2D eigenvalue weighted by atomic mass is 9.21. The lowest BCUT2D eigenvalue weighted by Crippen LogP contribution is -2.81. The standard InChI is InChI=1S/C32H29BN4/c1-24-17-19-25(20-18-24)31-26-12-4-5-14-28(26)37(2,3)33(29-15-7-10-22-35-29,30-16-8-11-23-36-30)32(31)27-13-6-9-21-34-27/h4-23H,1-3H3. The van der Waals surface area contributed by atoms with Gasteiger partial charge in [-0.25, -0.2) is 0 Å². The second-order valence-corrected chi connectivity index (χ2v) is 10.3. The van der Waals surface area contributed by atoms with Gasteiger partial charge >= 0.3 is 6.28 Å². The molecule has 0 spiro atoms. The van der Waals surface area contributed by atoms with Crippen molar-refractivity contribution in [3.8, 4) is 0 Å². The summed E-state index contributed by atoms with van der Waals surface area (Å²) in [5.74, 6) is 0. The number of hydrogen-bond donors (Lipinski definition) is 0. The van der Waals surface area contributed by atoms with Crippen LogP contribution in [0.4, 0.5) is 5.69 Å². The number of para-hydroxylation sites is 1. The Bertz CT molecular complexity index is 1540. The maximum Gasteiger partial charge on any atom is 0.332 e. The van der Waals surface area contributed by atoms with Gasteiger partial charge in [0.15, 0.2) is 0 Å². The molecule has 0 aliphatic carbocycles. The highest BCUT2D eigenvalue weighted by atomic mass is 15.3. The summed E-state index contributed by atoms with van der Waals surface area (Å²) >= 11 is 0. The van der Waals surface area contributed by atoms with E-state index in [2.05, 4.69) is 106 Å². The Kier molecular flexibility index (Phi) is 5.58. The summed E-state index contributed by atoms with van der Waals surface area (Å²) in [5, 5.41) is 0. The smallest absolute Gasteiger partial charge is 0.332 e. The van der Waals surface area contributed by atoms with Crippen LogP contribution in [-0.4, -0.2) is 35.3 Å². The van der Waals surface area contributed by atoms with Crippen LogP contribution in [0.3, 0.4) is 0 Å². The summed E-state index contributed by atoms with van der Waals surface area (Å²) in [6.45, 7) is 2.13. The number of pyridine rings is 3. The molecule has 0 fully saturated rings. The molecule has 0 radical (unpaired) electrons. The summed E-state index contributed by atoms with van der Waals surface area (Å²) in [5.41, 5.74) is 10.1. The third-order valence-electron chi connectivity index (χ3n) is 7.96. The van der Waals surface area contributed by atoms with Crippen molar-refractivity contribution in [2.24, 2.45) is 0 Å². The van der Waals surface area contributed by atoms with Crippen molar-refractivity contribution in [2.75, 3.05) is 14.1 Å². The van der Waals surface area contributed by atoms with E-state index in [1.54, 1.807) is 0 Å². The summed E-state index contributed by atoms with van der Waals surface area (Å²) < 4.78 is 0.561. The molecule has 0 saturated heterocycles. The molecule has 0 amide bonds. The van der Waals surface area contributed by atoms with Gasteiger partial charge < -0.3 is 4.39 Å². The van der Waals surface area contributed by atoms with Gasteiger partial charge in [0.25, 0.3) is 0 Å². The second-order valence-electron chi connectivity index (χ2n) is 10.3. The first-order valence-corrected chi connectivity index (χ1v) is 12.7. The Morgan fingerprint density at radius 1 is 0.595 bits per heavy atom. The molecule has 0 bridgehead atoms. The third kappa shape index (κ3) is 3.46. The highest BCUT2D eigenvalue weighted by Crippen LogP contribution is 2.49. The van der Waals surface area contributed by atoms with Crippen molar-refractivity contribution >= 4 is 34.2 Å². The normalized spacial score (nSPS) is 15.8. The first-order chi connectivity index (χ1) is 18.0. The molecule has 0 saturated carbocycles. The van der Waals surface area contributed by atoms with Gasteiger partial charge in [0.1, 0.15) is 0 Å². The zero-order valence-electron chi connectivity index (χ0n) is 21.4. The maximum atomic E-state index is 5.05. The van der Waals surface area contributed by atoms with E-state index in [-0.39, 0.29) is 0 Å². The lowest BCUT2D eigenvalue weighted by Gasteiger charge is -2.59. The van der Waals surface area contributed by atoms with Crippen molar-refractivity contribution in [2.45, 2.75) is 6.92 Å². The van der Waals surface area contributed by atoms with Crippen LogP contribution in [0, 0.1) is 6.92 Å². The van der Waals surface area contributed by atoms with E-state index in [1.807, 2.05) is 36.8 Å². The van der Waals surface area contributed by atoms with Crippen LogP contribution >= 0.6 is 0 Å². The van der Waals surface area contributed by atoms with Crippen LogP contribution in [0.15, 0.2) is 122 Å². The fraction of sp³-hybridized carbons (Fsp3) is 0.0938. The van der Waals surface area contributed by atoms with Gasteiger partial charge in [-0.3, -0.25) is 15.0 Å². The van der Waals surface area contributed by atoms with Gasteiger partial charge in [-0.05, 0) is 65.6 Å². The topological polar surface area (TPSA) is 38.7 Å². The van der Waals surface area contributed by atoms with E-state index in [4.69, 9.17) is 15.0 Å². The molecule has 180 valence electrons. The van der Waals surface area contributed by atoms with Crippen LogP contribution in [-0.2, 0) is 0 Å². The molecule has 5 heteroatoms. The molecule has 1 aliphatic heterocycles. The molecule has 6 rings (SSSR count). The van der Waals surface area contributed by atoms with E-state index in [0.29, 0.717) is 4.39 Å². The predicted octanol–water partition coefficient (Wildman–Crippen LogP) is 5.02. The Hall–Kier alpha value is -4.35. The zero-order valence-corrected chi connectivity index (χ0v) is 21.4. The van der Waals surface area contributed by atoms with Gasteiger partial charge in [-0.2, -0.15) is 0 Å². The quantitative estimate of drug-likeness (QED) is 0.339. The molecule has 4 nitrogen and oxygen atoms in total. The van der Waals surface area contributed by atoms with Crippen molar-refractivity contribution in [3.05, 3.63) is 144 Å². The van der Waals surface area contributed by atoms with Crippen LogP contribution in [0.1, 0.15) is 22.4 Å². The number of aromatic nitrogens is 3. The van der Waals surface area contributed by atoms with Gasteiger partial charge in [0.05, 0.1) is 5.69 Å². The van der Waals surface area contributed by atoms with E-state index in [9.17, 15) is 0 Å². The third-order valence-corrected chi connectivity index (χ3v) is 7.96. The Balaban J connectivity index is 1.89. The fourth-order valence-electron chi connectivity index (χ4n) is 6.32. The van der Waals surface area contributed by atoms with Crippen molar-refractivity contribution in [1.82, 2.24) is 19.3 Å². The average molecular weight is 480 g/mol. The minimum absolute atomic E-state index is 0.561. The molecular weight excluding hydrogens is 451 g/mol. The largest absolute Gasteiger partial charge is 0.472 e. The molecule has 1 aliphatic rings. The van der Waals surface area contributed by atoms with Crippen LogP contribution in [0.25, 0.3) is 11.0 Å². The molecule has 5 aromatic rings. The van der Waals surface area contributed by atoms with Gasteiger partial charge in [0.2, 0.25) is 0 Å². The zero-order chi connectivity index (χ0) is 25.5. The first-order valence-electron chi connectivity index (χ1n) is 12.7. The Morgan fingerprint density at radius 3 is 1.73 bits per heavy atom. The van der Waals surface area contributed by atoms with Crippen LogP contribution < -0.4 is 15.6 Å². The van der Waals surface area contributed by atoms with E-state index < -0.39 is 6.28 Å². The van der Waals surface area contributed by atoms with E-state index >= 15 is 0 Å². The molecule has 0 unspecified atom stereocenters. The van der Waals surface area contributed by atoms with Gasteiger partial charge in [0, 0.05) is 43.9 Å². The summed E-state index contributed by atoms with van der Waals surface area (Å²) in [6, 6.07) is 36.2. The fourth-order valence-corrected chi connectivity index (χ4v) is 6.32. The second kappa shape index (κ2) is 8.95. The van der Waals surface area contributed by atoms with Crippen LogP contribution in [0.2, 0.25) is 0 Å². The maximum absolute atomic E-state index is 5.05. The van der Waals surface area contributed by atoms with Crippen molar-refractivity contribution in [3.63, 3.8) is 0 Å². The van der Waals surface area contributed by atoms with Crippen molar-refractivity contribution < 1.29 is 0 Å². The predicted molar refractivity (Wildman–Crippen MR) is 155 cm³/mol. The Labute approximate surface area is 218 Å². The number of benzene rings is 2. The molecule has 4 heterocycles. The monoisotopic (exact) mass is 480 g/mol. The SMILES string of the molecule is Cc1ccc(C2=C(c3ccccn3)[B-](c3ccccn3)(c3ccccn3)[N+](C)(C)c3ccccc32)cc1. The molecular formula is C32H29BN4. The number of quaternary nitrogens is 1. The number of hydrogen-bond acceptors (Lipinski definition) is 3. The first kappa shape index (κ1) is 23.1. The van der Waals surface area contributed by atoms with Crippen molar-refractivity contribution in [1.29, 1.82) is 0 Å². The molecule has 2 aromatic carbocycles. The lowest BCUT2D eigenvalue weighted by molar-refractivity contribution is 0.608. The summed E-state index contributed by atoms with van der Waals surface area (Å²) in [6.07, 6.45) is 3.89.